The Balaban J connectivity index is 2.15. The van der Waals surface area contributed by atoms with E-state index >= 15 is 0 Å². The molecule has 7 heteroatoms. The number of ether oxygens (including phenoxy) is 1. The summed E-state index contributed by atoms with van der Waals surface area (Å²) in [7, 11) is 0. The lowest BCUT2D eigenvalue weighted by Crippen LogP contribution is -1.98. The summed E-state index contributed by atoms with van der Waals surface area (Å²) in [4.78, 5) is 22.0. The Morgan fingerprint density at radius 1 is 1.42 bits per heavy atom. The Kier molecular flexibility index (Phi) is 4.28. The molecule has 0 spiro atoms. The van der Waals surface area contributed by atoms with Gasteiger partial charge in [-0.1, -0.05) is 0 Å². The van der Waals surface area contributed by atoms with E-state index in [1.165, 1.54) is 29.5 Å². The first-order valence-corrected chi connectivity index (χ1v) is 6.87. The Bertz CT molecular complexity index is 626. The number of hydrogen-bond acceptors (Lipinski definition) is 5. The highest BCUT2D eigenvalue weighted by molar-refractivity contribution is 9.10. The van der Waals surface area contributed by atoms with E-state index in [0.717, 1.165) is 9.35 Å². The topological polar surface area (TPSA) is 69.4 Å². The highest BCUT2D eigenvalue weighted by Crippen LogP contribution is 2.25. The van der Waals surface area contributed by atoms with Crippen molar-refractivity contribution in [2.45, 2.75) is 6.61 Å². The largest absolute Gasteiger partial charge is 0.487 e. The molecule has 98 valence electrons. The third-order valence-corrected chi connectivity index (χ3v) is 3.99. The van der Waals surface area contributed by atoms with Crippen LogP contribution < -0.4 is 4.74 Å². The molecule has 0 aliphatic rings. The van der Waals surface area contributed by atoms with Crippen LogP contribution >= 0.6 is 27.3 Å². The number of carbonyl (C=O) groups excluding carboxylic acids is 1. The quantitative estimate of drug-likeness (QED) is 0.471. The van der Waals surface area contributed by atoms with E-state index in [2.05, 4.69) is 15.9 Å². The zero-order chi connectivity index (χ0) is 13.8. The highest BCUT2D eigenvalue weighted by atomic mass is 79.9. The fourth-order valence-electron chi connectivity index (χ4n) is 1.45. The fraction of sp³-hybridized carbons (Fsp3) is 0.0833. The van der Waals surface area contributed by atoms with Crippen LogP contribution in [0.25, 0.3) is 0 Å². The number of aldehydes is 1. The SMILES string of the molecule is O=Cc1cc([N+](=O)[O-])ccc1OCc1cc(Br)cs1. The molecule has 0 atom stereocenters. The molecule has 0 saturated heterocycles. The molecule has 0 N–H and O–H groups in total. The van der Waals surface area contributed by atoms with Gasteiger partial charge in [0.25, 0.3) is 5.69 Å². The smallest absolute Gasteiger partial charge is 0.270 e. The van der Waals surface area contributed by atoms with Crippen LogP contribution in [0, 0.1) is 10.1 Å². The zero-order valence-electron chi connectivity index (χ0n) is 9.54. The molecule has 0 aliphatic heterocycles. The lowest BCUT2D eigenvalue weighted by molar-refractivity contribution is -0.384. The van der Waals surface area contributed by atoms with Gasteiger partial charge in [0.15, 0.2) is 6.29 Å². The first-order chi connectivity index (χ1) is 9.10. The average molecular weight is 342 g/mol. The van der Waals surface area contributed by atoms with Crippen molar-refractivity contribution in [3.05, 3.63) is 54.7 Å². The number of benzene rings is 1. The summed E-state index contributed by atoms with van der Waals surface area (Å²) in [6.45, 7) is 0.314. The number of carbonyl (C=O) groups is 1. The standard InChI is InChI=1S/C12H8BrNO4S/c13-9-4-11(19-7-9)6-18-12-2-1-10(14(16)17)3-8(12)5-15/h1-5,7H,6H2. The van der Waals surface area contributed by atoms with Gasteiger partial charge in [-0.25, -0.2) is 0 Å². The van der Waals surface area contributed by atoms with E-state index < -0.39 is 4.92 Å². The zero-order valence-corrected chi connectivity index (χ0v) is 11.9. The van der Waals surface area contributed by atoms with Gasteiger partial charge in [-0.3, -0.25) is 14.9 Å². The predicted octanol–water partition coefficient (Wildman–Crippen LogP) is 3.81. The van der Waals surface area contributed by atoms with Crippen molar-refractivity contribution >= 4 is 39.2 Å². The molecule has 1 heterocycles. The molecule has 1 aromatic carbocycles. The fourth-order valence-corrected chi connectivity index (χ4v) is 2.81. The lowest BCUT2D eigenvalue weighted by Gasteiger charge is -2.06. The van der Waals surface area contributed by atoms with Crippen molar-refractivity contribution in [1.29, 1.82) is 0 Å². The summed E-state index contributed by atoms with van der Waals surface area (Å²) in [6, 6.07) is 5.86. The van der Waals surface area contributed by atoms with Crippen LogP contribution in [-0.4, -0.2) is 11.2 Å². The minimum absolute atomic E-state index is 0.131. The monoisotopic (exact) mass is 341 g/mol. The summed E-state index contributed by atoms with van der Waals surface area (Å²) < 4.78 is 6.47. The minimum atomic E-state index is -0.548. The van der Waals surface area contributed by atoms with Crippen LogP contribution in [0.3, 0.4) is 0 Å². The van der Waals surface area contributed by atoms with Gasteiger partial charge in [0.05, 0.1) is 10.5 Å². The Labute approximate surface area is 121 Å². The maximum absolute atomic E-state index is 10.9. The molecule has 0 bridgehead atoms. The van der Waals surface area contributed by atoms with Crippen LogP contribution in [0.15, 0.2) is 34.1 Å². The van der Waals surface area contributed by atoms with Crippen molar-refractivity contribution in [2.75, 3.05) is 0 Å². The number of nitrogens with zero attached hydrogens (tertiary/aromatic N) is 1. The third kappa shape index (κ3) is 3.39. The van der Waals surface area contributed by atoms with Crippen LogP contribution in [0.5, 0.6) is 5.75 Å². The van der Waals surface area contributed by atoms with Crippen molar-refractivity contribution < 1.29 is 14.5 Å². The molecule has 0 radical (unpaired) electrons. The maximum Gasteiger partial charge on any atom is 0.270 e. The second kappa shape index (κ2) is 5.94. The summed E-state index contributed by atoms with van der Waals surface area (Å²) in [5, 5.41) is 12.5. The normalized spacial score (nSPS) is 10.2. The summed E-state index contributed by atoms with van der Waals surface area (Å²) in [5.74, 6) is 0.338. The van der Waals surface area contributed by atoms with Crippen molar-refractivity contribution in [3.8, 4) is 5.75 Å². The van der Waals surface area contributed by atoms with Gasteiger partial charge in [-0.05, 0) is 28.1 Å². The highest BCUT2D eigenvalue weighted by Gasteiger charge is 2.11. The number of thiophene rings is 1. The molecule has 2 aromatic rings. The molecular formula is C12H8BrNO4S. The van der Waals surface area contributed by atoms with Crippen LogP contribution in [0.2, 0.25) is 0 Å². The first-order valence-electron chi connectivity index (χ1n) is 5.19. The van der Waals surface area contributed by atoms with Gasteiger partial charge in [0, 0.05) is 26.9 Å². The van der Waals surface area contributed by atoms with Crippen LogP contribution in [0.1, 0.15) is 15.2 Å². The maximum atomic E-state index is 10.9. The molecular weight excluding hydrogens is 334 g/mol. The molecule has 0 amide bonds. The third-order valence-electron chi connectivity index (χ3n) is 2.32. The van der Waals surface area contributed by atoms with Gasteiger partial charge in [0.2, 0.25) is 0 Å². The Hall–Kier alpha value is -1.73. The summed E-state index contributed by atoms with van der Waals surface area (Å²) in [6.07, 6.45) is 0.548. The van der Waals surface area contributed by atoms with Crippen LogP contribution in [0.4, 0.5) is 5.69 Å². The first kappa shape index (κ1) is 13.7. The van der Waals surface area contributed by atoms with E-state index in [4.69, 9.17) is 4.74 Å². The molecule has 0 aliphatic carbocycles. The summed E-state index contributed by atoms with van der Waals surface area (Å²) >= 11 is 4.86. The number of nitro groups is 1. The lowest BCUT2D eigenvalue weighted by atomic mass is 10.2. The van der Waals surface area contributed by atoms with Crippen molar-refractivity contribution in [1.82, 2.24) is 0 Å². The van der Waals surface area contributed by atoms with E-state index in [0.29, 0.717) is 18.6 Å². The van der Waals surface area contributed by atoms with E-state index in [9.17, 15) is 14.9 Å². The second-order valence-electron chi connectivity index (χ2n) is 3.62. The van der Waals surface area contributed by atoms with Gasteiger partial charge < -0.3 is 4.74 Å². The van der Waals surface area contributed by atoms with E-state index in [1.807, 2.05) is 11.4 Å². The Morgan fingerprint density at radius 3 is 2.79 bits per heavy atom. The van der Waals surface area contributed by atoms with Gasteiger partial charge >= 0.3 is 0 Å². The van der Waals surface area contributed by atoms with E-state index in [-0.39, 0.29) is 11.3 Å². The Morgan fingerprint density at radius 2 is 2.21 bits per heavy atom. The number of rotatable bonds is 5. The molecule has 1 aromatic heterocycles. The average Bonchev–Trinajstić information content (AvgIpc) is 2.81. The number of non-ortho nitro benzene ring substituents is 1. The molecule has 5 nitrogen and oxygen atoms in total. The number of hydrogen-bond donors (Lipinski definition) is 0. The molecule has 0 fully saturated rings. The number of nitro benzene ring substituents is 1. The van der Waals surface area contributed by atoms with Gasteiger partial charge in [-0.2, -0.15) is 0 Å². The molecule has 2 rings (SSSR count). The minimum Gasteiger partial charge on any atom is -0.487 e. The predicted molar refractivity (Wildman–Crippen MR) is 74.8 cm³/mol. The van der Waals surface area contributed by atoms with E-state index in [1.54, 1.807) is 0 Å². The summed E-state index contributed by atoms with van der Waals surface area (Å²) in [5.41, 5.74) is 0.0399. The molecule has 0 unspecified atom stereocenters. The molecule has 19 heavy (non-hydrogen) atoms. The van der Waals surface area contributed by atoms with Gasteiger partial charge in [-0.15, -0.1) is 11.3 Å². The number of halogens is 1. The van der Waals surface area contributed by atoms with Crippen LogP contribution in [-0.2, 0) is 6.61 Å². The van der Waals surface area contributed by atoms with Crippen molar-refractivity contribution in [2.24, 2.45) is 0 Å². The second-order valence-corrected chi connectivity index (χ2v) is 5.53. The molecule has 0 saturated carbocycles. The van der Waals surface area contributed by atoms with Gasteiger partial charge in [0.1, 0.15) is 12.4 Å². The van der Waals surface area contributed by atoms with Crippen molar-refractivity contribution in [3.63, 3.8) is 0 Å².